The van der Waals surface area contributed by atoms with Gasteiger partial charge in [0.05, 0.1) is 26.8 Å². The van der Waals surface area contributed by atoms with Gasteiger partial charge in [-0.1, -0.05) is 30.3 Å². The van der Waals surface area contributed by atoms with Crippen LogP contribution in [0.1, 0.15) is 50.4 Å². The van der Waals surface area contributed by atoms with E-state index >= 15 is 0 Å². The van der Waals surface area contributed by atoms with E-state index in [1.54, 1.807) is 14.2 Å². The molecule has 0 saturated carbocycles. The fourth-order valence-electron chi connectivity index (χ4n) is 4.46. The SMILES string of the molecule is COc1cc2c(cc1OC)[C@H]([C@H](C)NC(=O)NC(C)(C)C)[NH+](Cc1ccccc1)CC2. The highest BCUT2D eigenvalue weighted by Gasteiger charge is 2.37. The molecular weight excluding hydrogens is 390 g/mol. The summed E-state index contributed by atoms with van der Waals surface area (Å²) in [4.78, 5) is 14.1. The third-order valence-corrected chi connectivity index (χ3v) is 5.76. The average molecular weight is 427 g/mol. The Morgan fingerprint density at radius 3 is 2.39 bits per heavy atom. The number of ether oxygens (including phenoxy) is 2. The normalized spacial score (nSPS) is 19.2. The Morgan fingerprint density at radius 1 is 1.13 bits per heavy atom. The second-order valence-electron chi connectivity index (χ2n) is 9.34. The van der Waals surface area contributed by atoms with Crippen LogP contribution < -0.4 is 25.0 Å². The lowest BCUT2D eigenvalue weighted by Crippen LogP contribution is -3.13. The van der Waals surface area contributed by atoms with Crippen molar-refractivity contribution in [1.82, 2.24) is 10.6 Å². The Morgan fingerprint density at radius 2 is 1.77 bits per heavy atom. The fraction of sp³-hybridized carbons (Fsp3) is 0.480. The number of quaternary nitrogens is 1. The highest BCUT2D eigenvalue weighted by atomic mass is 16.5. The first-order valence-corrected chi connectivity index (χ1v) is 10.9. The molecule has 3 rings (SSSR count). The molecule has 2 aromatic rings. The van der Waals surface area contributed by atoms with Crippen molar-refractivity contribution in [2.45, 2.75) is 58.3 Å². The maximum absolute atomic E-state index is 12.6. The van der Waals surface area contributed by atoms with Gasteiger partial charge in [-0.3, -0.25) is 0 Å². The van der Waals surface area contributed by atoms with Gasteiger partial charge in [-0.25, -0.2) is 4.79 Å². The molecule has 1 unspecified atom stereocenters. The summed E-state index contributed by atoms with van der Waals surface area (Å²) in [5, 5.41) is 6.20. The van der Waals surface area contributed by atoms with E-state index in [4.69, 9.17) is 9.47 Å². The van der Waals surface area contributed by atoms with Gasteiger partial charge < -0.3 is 25.0 Å². The quantitative estimate of drug-likeness (QED) is 0.666. The molecular formula is C25H36N3O3+. The zero-order valence-electron chi connectivity index (χ0n) is 19.5. The van der Waals surface area contributed by atoms with Crippen LogP contribution in [0.5, 0.6) is 11.5 Å². The Balaban J connectivity index is 1.94. The van der Waals surface area contributed by atoms with E-state index in [0.717, 1.165) is 31.0 Å². The first kappa shape index (κ1) is 22.9. The Labute approximate surface area is 185 Å². The first-order chi connectivity index (χ1) is 14.7. The molecule has 2 amide bonds. The summed E-state index contributed by atoms with van der Waals surface area (Å²) in [6.07, 6.45) is 0.954. The molecule has 0 aromatic heterocycles. The van der Waals surface area contributed by atoms with Crippen LogP contribution >= 0.6 is 0 Å². The van der Waals surface area contributed by atoms with Gasteiger partial charge >= 0.3 is 6.03 Å². The van der Waals surface area contributed by atoms with Crippen molar-refractivity contribution in [2.24, 2.45) is 0 Å². The highest BCUT2D eigenvalue weighted by molar-refractivity contribution is 5.75. The lowest BCUT2D eigenvalue weighted by atomic mass is 9.87. The van der Waals surface area contributed by atoms with Crippen LogP contribution in [-0.4, -0.2) is 38.4 Å². The summed E-state index contributed by atoms with van der Waals surface area (Å²) in [5.41, 5.74) is 3.46. The molecule has 0 saturated heterocycles. The molecule has 6 nitrogen and oxygen atoms in total. The fourth-order valence-corrected chi connectivity index (χ4v) is 4.46. The van der Waals surface area contributed by atoms with Gasteiger partial charge in [-0.05, 0) is 45.4 Å². The molecule has 168 valence electrons. The second-order valence-corrected chi connectivity index (χ2v) is 9.34. The minimum Gasteiger partial charge on any atom is -0.493 e. The van der Waals surface area contributed by atoms with Gasteiger partial charge in [0.1, 0.15) is 12.6 Å². The number of amides is 2. The standard InChI is InChI=1S/C25H35N3O3/c1-17(26-24(29)27-25(2,3)4)23-20-15-22(31-6)21(30-5)14-19(20)12-13-28(23)16-18-10-8-7-9-11-18/h7-11,14-15,17,23H,12-13,16H2,1-6H3,(H2,26,27,29)/p+1/t17-,23-/m0/s1. The Bertz CT molecular complexity index is 893. The molecule has 31 heavy (non-hydrogen) atoms. The van der Waals surface area contributed by atoms with Crippen molar-refractivity contribution in [3.8, 4) is 11.5 Å². The molecule has 6 heteroatoms. The van der Waals surface area contributed by atoms with Crippen molar-refractivity contribution < 1.29 is 19.2 Å². The molecule has 1 heterocycles. The number of hydrogen-bond acceptors (Lipinski definition) is 3. The van der Waals surface area contributed by atoms with Gasteiger partial charge in [-0.2, -0.15) is 0 Å². The smallest absolute Gasteiger partial charge is 0.315 e. The molecule has 2 aromatic carbocycles. The predicted octanol–water partition coefficient (Wildman–Crippen LogP) is 2.87. The largest absolute Gasteiger partial charge is 0.493 e. The molecule has 1 aliphatic heterocycles. The van der Waals surface area contributed by atoms with Gasteiger partial charge in [0.2, 0.25) is 0 Å². The first-order valence-electron chi connectivity index (χ1n) is 10.9. The van der Waals surface area contributed by atoms with Crippen molar-refractivity contribution in [3.63, 3.8) is 0 Å². The summed E-state index contributed by atoms with van der Waals surface area (Å²) < 4.78 is 11.1. The van der Waals surface area contributed by atoms with Gasteiger partial charge in [0, 0.05) is 23.1 Å². The number of hydrogen-bond donors (Lipinski definition) is 3. The zero-order chi connectivity index (χ0) is 22.6. The van der Waals surface area contributed by atoms with E-state index in [9.17, 15) is 4.79 Å². The molecule has 0 spiro atoms. The number of rotatable bonds is 6. The number of nitrogens with one attached hydrogen (secondary N) is 3. The number of fused-ring (bicyclic) bond motifs is 1. The van der Waals surface area contributed by atoms with Crippen LogP contribution in [0.3, 0.4) is 0 Å². The average Bonchev–Trinajstić information content (AvgIpc) is 2.71. The zero-order valence-corrected chi connectivity index (χ0v) is 19.5. The van der Waals surface area contributed by atoms with Crippen LogP contribution in [0.15, 0.2) is 42.5 Å². The molecule has 0 aliphatic carbocycles. The van der Waals surface area contributed by atoms with Crippen LogP contribution in [0.4, 0.5) is 4.79 Å². The molecule has 3 atom stereocenters. The lowest BCUT2D eigenvalue weighted by Gasteiger charge is -2.38. The highest BCUT2D eigenvalue weighted by Crippen LogP contribution is 2.35. The predicted molar refractivity (Wildman–Crippen MR) is 123 cm³/mol. The summed E-state index contributed by atoms with van der Waals surface area (Å²) in [5.74, 6) is 1.47. The summed E-state index contributed by atoms with van der Waals surface area (Å²) in [6, 6.07) is 14.6. The van der Waals surface area contributed by atoms with Crippen LogP contribution in [0, 0.1) is 0 Å². The van der Waals surface area contributed by atoms with Gasteiger partial charge in [-0.15, -0.1) is 0 Å². The minimum absolute atomic E-state index is 0.0711. The minimum atomic E-state index is -0.290. The Hall–Kier alpha value is -2.73. The Kier molecular flexibility index (Phi) is 7.11. The number of carbonyl (C=O) groups excluding carboxylic acids is 1. The maximum atomic E-state index is 12.6. The number of methoxy groups -OCH3 is 2. The summed E-state index contributed by atoms with van der Waals surface area (Å²) in [7, 11) is 3.33. The maximum Gasteiger partial charge on any atom is 0.315 e. The molecule has 1 aliphatic rings. The van der Waals surface area contributed by atoms with E-state index in [1.165, 1.54) is 21.6 Å². The molecule has 0 fully saturated rings. The third-order valence-electron chi connectivity index (χ3n) is 5.76. The molecule has 0 bridgehead atoms. The lowest BCUT2D eigenvalue weighted by molar-refractivity contribution is -0.948. The van der Waals surface area contributed by atoms with E-state index in [2.05, 4.69) is 54.0 Å². The van der Waals surface area contributed by atoms with E-state index in [1.807, 2.05) is 26.8 Å². The second kappa shape index (κ2) is 9.60. The van der Waals surface area contributed by atoms with E-state index < -0.39 is 0 Å². The number of benzene rings is 2. The van der Waals surface area contributed by atoms with Crippen molar-refractivity contribution in [1.29, 1.82) is 0 Å². The van der Waals surface area contributed by atoms with Crippen LogP contribution in [-0.2, 0) is 13.0 Å². The van der Waals surface area contributed by atoms with Crippen molar-refractivity contribution in [2.75, 3.05) is 20.8 Å². The number of urea groups is 1. The summed E-state index contributed by atoms with van der Waals surface area (Å²) >= 11 is 0. The third kappa shape index (κ3) is 5.70. The van der Waals surface area contributed by atoms with Crippen molar-refractivity contribution in [3.05, 3.63) is 59.2 Å². The molecule has 0 radical (unpaired) electrons. The van der Waals surface area contributed by atoms with Crippen molar-refractivity contribution >= 4 is 6.03 Å². The van der Waals surface area contributed by atoms with Crippen LogP contribution in [0.2, 0.25) is 0 Å². The van der Waals surface area contributed by atoms with Gasteiger partial charge in [0.25, 0.3) is 0 Å². The van der Waals surface area contributed by atoms with E-state index in [0.29, 0.717) is 0 Å². The van der Waals surface area contributed by atoms with E-state index in [-0.39, 0.29) is 23.7 Å². The van der Waals surface area contributed by atoms with Crippen LogP contribution in [0.25, 0.3) is 0 Å². The topological polar surface area (TPSA) is 64.0 Å². The number of carbonyl (C=O) groups is 1. The van der Waals surface area contributed by atoms with Gasteiger partial charge in [0.15, 0.2) is 11.5 Å². The monoisotopic (exact) mass is 426 g/mol. The molecule has 3 N–H and O–H groups in total. The summed E-state index contributed by atoms with van der Waals surface area (Å²) in [6.45, 7) is 9.91.